The second kappa shape index (κ2) is 8.44. The molecule has 2 atom stereocenters. The van der Waals surface area contributed by atoms with E-state index in [9.17, 15) is 14.3 Å². The predicted molar refractivity (Wildman–Crippen MR) is 108 cm³/mol. The van der Waals surface area contributed by atoms with Crippen LogP contribution in [0.4, 0.5) is 4.39 Å². The number of hydrogen-bond acceptors (Lipinski definition) is 3. The number of ketones is 1. The molecule has 148 valence electrons. The number of phenolic OH excluding ortho intramolecular Hbond substituents is 1. The molecule has 1 saturated carbocycles. The van der Waals surface area contributed by atoms with Crippen molar-refractivity contribution < 1.29 is 14.3 Å². The standard InChI is InChI=1S/C24H28FNO2/c25-22-13-19(9-10-23(22)27)24(28)16-26-14-20-11-18(12-21(20)15-26)8-4-7-17-5-2-1-3-6-17/h1-3,5-6,9-10,13,18,20-21,27H,4,7-8,11-12,14-16H2. The summed E-state index contributed by atoms with van der Waals surface area (Å²) in [6.45, 7) is 2.30. The summed E-state index contributed by atoms with van der Waals surface area (Å²) in [5.74, 6) is 1.01. The first-order valence-corrected chi connectivity index (χ1v) is 10.4. The molecule has 4 heteroatoms. The summed E-state index contributed by atoms with van der Waals surface area (Å²) >= 11 is 0. The molecular formula is C24H28FNO2. The van der Waals surface area contributed by atoms with Gasteiger partial charge in [-0.3, -0.25) is 9.69 Å². The van der Waals surface area contributed by atoms with E-state index in [1.54, 1.807) is 0 Å². The van der Waals surface area contributed by atoms with Crippen LogP contribution in [0.25, 0.3) is 0 Å². The van der Waals surface area contributed by atoms with Crippen LogP contribution in [-0.2, 0) is 6.42 Å². The summed E-state index contributed by atoms with van der Waals surface area (Å²) in [5.41, 5.74) is 1.77. The highest BCUT2D eigenvalue weighted by molar-refractivity contribution is 5.97. The Bertz CT molecular complexity index is 809. The molecular weight excluding hydrogens is 353 g/mol. The van der Waals surface area contributed by atoms with Gasteiger partial charge in [-0.15, -0.1) is 0 Å². The minimum Gasteiger partial charge on any atom is -0.505 e. The minimum absolute atomic E-state index is 0.0710. The highest BCUT2D eigenvalue weighted by Gasteiger charge is 2.40. The average Bonchev–Trinajstić information content (AvgIpc) is 3.23. The molecule has 2 aromatic rings. The van der Waals surface area contributed by atoms with Crippen LogP contribution in [0.15, 0.2) is 48.5 Å². The molecule has 0 amide bonds. The largest absolute Gasteiger partial charge is 0.505 e. The molecule has 1 N–H and O–H groups in total. The van der Waals surface area contributed by atoms with E-state index < -0.39 is 11.6 Å². The van der Waals surface area contributed by atoms with Crippen LogP contribution >= 0.6 is 0 Å². The number of aromatic hydroxyl groups is 1. The normalized spacial score (nSPS) is 24.4. The van der Waals surface area contributed by atoms with Gasteiger partial charge in [0.1, 0.15) is 0 Å². The summed E-state index contributed by atoms with van der Waals surface area (Å²) in [6, 6.07) is 14.6. The van der Waals surface area contributed by atoms with Crippen LogP contribution in [0, 0.1) is 23.6 Å². The zero-order valence-electron chi connectivity index (χ0n) is 16.2. The second-order valence-corrected chi connectivity index (χ2v) is 8.52. The molecule has 0 radical (unpaired) electrons. The molecule has 0 spiro atoms. The van der Waals surface area contributed by atoms with E-state index in [1.165, 1.54) is 43.4 Å². The smallest absolute Gasteiger partial charge is 0.176 e. The highest BCUT2D eigenvalue weighted by atomic mass is 19.1. The Balaban J connectivity index is 1.21. The van der Waals surface area contributed by atoms with Crippen molar-refractivity contribution in [2.24, 2.45) is 17.8 Å². The van der Waals surface area contributed by atoms with E-state index in [4.69, 9.17) is 0 Å². The number of phenols is 1. The van der Waals surface area contributed by atoms with Crippen molar-refractivity contribution in [2.75, 3.05) is 19.6 Å². The van der Waals surface area contributed by atoms with Crippen LogP contribution in [0.2, 0.25) is 0 Å². The van der Waals surface area contributed by atoms with Gasteiger partial charge in [0.2, 0.25) is 0 Å². The van der Waals surface area contributed by atoms with Crippen molar-refractivity contribution in [3.8, 4) is 5.75 Å². The maximum absolute atomic E-state index is 13.5. The fourth-order valence-electron chi connectivity index (χ4n) is 5.10. The SMILES string of the molecule is O=C(CN1CC2CC(CCCc3ccccc3)CC2C1)c1ccc(O)c(F)c1. The summed E-state index contributed by atoms with van der Waals surface area (Å²) in [7, 11) is 0. The molecule has 4 rings (SSSR count). The van der Waals surface area contributed by atoms with Crippen molar-refractivity contribution >= 4 is 5.78 Å². The number of aryl methyl sites for hydroxylation is 1. The number of likely N-dealkylation sites (tertiary alicyclic amines) is 1. The van der Waals surface area contributed by atoms with Crippen molar-refractivity contribution in [1.82, 2.24) is 4.90 Å². The third-order valence-electron chi connectivity index (χ3n) is 6.48. The van der Waals surface area contributed by atoms with Gasteiger partial charge in [-0.1, -0.05) is 36.8 Å². The van der Waals surface area contributed by atoms with Crippen LogP contribution in [0.3, 0.4) is 0 Å². The number of fused-ring (bicyclic) bond motifs is 1. The van der Waals surface area contributed by atoms with Crippen LogP contribution in [0.5, 0.6) is 5.75 Å². The fourth-order valence-corrected chi connectivity index (χ4v) is 5.10. The molecule has 28 heavy (non-hydrogen) atoms. The number of benzene rings is 2. The Morgan fingerprint density at radius 3 is 2.46 bits per heavy atom. The summed E-state index contributed by atoms with van der Waals surface area (Å²) in [6.07, 6.45) is 6.27. The first-order chi connectivity index (χ1) is 13.6. The van der Waals surface area contributed by atoms with Crippen molar-refractivity contribution in [2.45, 2.75) is 32.1 Å². The predicted octanol–water partition coefficient (Wildman–Crippen LogP) is 4.69. The Morgan fingerprint density at radius 2 is 1.79 bits per heavy atom. The molecule has 1 aliphatic carbocycles. The third kappa shape index (κ3) is 4.44. The van der Waals surface area contributed by atoms with Gasteiger partial charge in [-0.05, 0) is 67.2 Å². The van der Waals surface area contributed by atoms with E-state index in [-0.39, 0.29) is 5.78 Å². The summed E-state index contributed by atoms with van der Waals surface area (Å²) < 4.78 is 13.5. The highest BCUT2D eigenvalue weighted by Crippen LogP contribution is 2.43. The number of hydrogen-bond donors (Lipinski definition) is 1. The van der Waals surface area contributed by atoms with Gasteiger partial charge >= 0.3 is 0 Å². The minimum atomic E-state index is -0.734. The number of nitrogens with zero attached hydrogens (tertiary/aromatic N) is 1. The lowest BCUT2D eigenvalue weighted by Crippen LogP contribution is -2.29. The van der Waals surface area contributed by atoms with Crippen LogP contribution in [0.1, 0.15) is 41.6 Å². The van der Waals surface area contributed by atoms with Crippen LogP contribution < -0.4 is 0 Å². The van der Waals surface area contributed by atoms with E-state index >= 15 is 0 Å². The lowest BCUT2D eigenvalue weighted by molar-refractivity contribution is 0.0939. The molecule has 2 unspecified atom stereocenters. The number of Topliss-reactive ketones (excluding diaryl/α,β-unsaturated/α-hetero) is 1. The van der Waals surface area contributed by atoms with Gasteiger partial charge in [0.15, 0.2) is 17.3 Å². The van der Waals surface area contributed by atoms with Gasteiger partial charge in [-0.2, -0.15) is 0 Å². The molecule has 2 aliphatic rings. The van der Waals surface area contributed by atoms with Gasteiger partial charge in [0.05, 0.1) is 6.54 Å². The fraction of sp³-hybridized carbons (Fsp3) is 0.458. The van der Waals surface area contributed by atoms with Gasteiger partial charge in [0.25, 0.3) is 0 Å². The Labute approximate surface area is 166 Å². The summed E-state index contributed by atoms with van der Waals surface area (Å²) in [4.78, 5) is 14.7. The van der Waals surface area contributed by atoms with E-state index in [0.29, 0.717) is 23.9 Å². The van der Waals surface area contributed by atoms with Crippen molar-refractivity contribution in [3.05, 3.63) is 65.5 Å². The number of carbonyl (C=O) groups is 1. The topological polar surface area (TPSA) is 40.5 Å². The zero-order chi connectivity index (χ0) is 19.5. The van der Waals surface area contributed by atoms with Gasteiger partial charge in [-0.25, -0.2) is 4.39 Å². The number of halogens is 1. The molecule has 0 bridgehead atoms. The molecule has 2 fully saturated rings. The maximum Gasteiger partial charge on any atom is 0.176 e. The molecule has 2 aromatic carbocycles. The van der Waals surface area contributed by atoms with Gasteiger partial charge < -0.3 is 5.11 Å². The Morgan fingerprint density at radius 1 is 1.07 bits per heavy atom. The quantitative estimate of drug-likeness (QED) is 0.707. The monoisotopic (exact) mass is 381 g/mol. The molecule has 0 aromatic heterocycles. The molecule has 1 aliphatic heterocycles. The lowest BCUT2D eigenvalue weighted by atomic mass is 9.96. The van der Waals surface area contributed by atoms with Gasteiger partial charge in [0, 0.05) is 18.7 Å². The molecule has 1 saturated heterocycles. The molecule has 3 nitrogen and oxygen atoms in total. The second-order valence-electron chi connectivity index (χ2n) is 8.52. The van der Waals surface area contributed by atoms with Crippen LogP contribution in [-0.4, -0.2) is 35.4 Å². The number of carbonyl (C=O) groups excluding carboxylic acids is 1. The summed E-state index contributed by atoms with van der Waals surface area (Å²) in [5, 5.41) is 9.27. The first kappa shape index (κ1) is 19.1. The first-order valence-electron chi connectivity index (χ1n) is 10.4. The Kier molecular flexibility index (Phi) is 5.77. The third-order valence-corrected chi connectivity index (χ3v) is 6.48. The van der Waals surface area contributed by atoms with Crippen molar-refractivity contribution in [1.29, 1.82) is 0 Å². The van der Waals surface area contributed by atoms with E-state index in [1.807, 2.05) is 0 Å². The average molecular weight is 381 g/mol. The lowest BCUT2D eigenvalue weighted by Gasteiger charge is -2.18. The van der Waals surface area contributed by atoms with Crippen molar-refractivity contribution in [3.63, 3.8) is 0 Å². The van der Waals surface area contributed by atoms with E-state index in [2.05, 4.69) is 35.2 Å². The Hall–Kier alpha value is -2.20. The number of rotatable bonds is 7. The van der Waals surface area contributed by atoms with E-state index in [0.717, 1.165) is 31.5 Å². The maximum atomic E-state index is 13.5. The zero-order valence-corrected chi connectivity index (χ0v) is 16.2. The molecule has 1 heterocycles.